The number of alkyl halides is 3. The normalized spacial score (nSPS) is 12.1. The van der Waals surface area contributed by atoms with Gasteiger partial charge in [0.15, 0.2) is 0 Å². The van der Waals surface area contributed by atoms with Gasteiger partial charge in [0.1, 0.15) is 29.7 Å². The van der Waals surface area contributed by atoms with Crippen LogP contribution in [0.25, 0.3) is 0 Å². The number of rotatable bonds is 7. The molecule has 0 saturated heterocycles. The lowest BCUT2D eigenvalue weighted by Gasteiger charge is -2.06. The van der Waals surface area contributed by atoms with E-state index in [9.17, 15) is 17.6 Å². The van der Waals surface area contributed by atoms with Crippen LogP contribution in [0, 0.1) is 5.82 Å². The second-order valence-electron chi connectivity index (χ2n) is 5.46. The van der Waals surface area contributed by atoms with Crippen LogP contribution in [-0.4, -0.2) is 26.8 Å². The molecule has 1 aromatic carbocycles. The maximum Gasteiger partial charge on any atom is 0.453 e. The van der Waals surface area contributed by atoms with Crippen LogP contribution in [0.4, 0.5) is 17.6 Å². The van der Waals surface area contributed by atoms with Crippen molar-refractivity contribution in [2.45, 2.75) is 24.9 Å². The van der Waals surface area contributed by atoms with Crippen molar-refractivity contribution in [3.8, 4) is 5.75 Å². The minimum absolute atomic E-state index is 0.0112. The first-order chi connectivity index (χ1) is 13.8. The third-order valence-electron chi connectivity index (χ3n) is 3.39. The van der Waals surface area contributed by atoms with E-state index in [0.717, 1.165) is 24.0 Å². The summed E-state index contributed by atoms with van der Waals surface area (Å²) in [6.45, 7) is 1.75. The zero-order valence-corrected chi connectivity index (χ0v) is 16.4. The predicted molar refractivity (Wildman–Crippen MR) is 98.9 cm³/mol. The number of thioether (sulfide) groups is 1. The lowest BCUT2D eigenvalue weighted by molar-refractivity contribution is -0.147. The Kier molecular flexibility index (Phi) is 6.48. The van der Waals surface area contributed by atoms with Crippen LogP contribution in [0.2, 0.25) is 5.02 Å². The van der Waals surface area contributed by atoms with E-state index in [4.69, 9.17) is 20.8 Å². The third-order valence-corrected chi connectivity index (χ3v) is 4.48. The molecular formula is C17H13ClF4N4O2S. The van der Waals surface area contributed by atoms with E-state index in [0.29, 0.717) is 16.2 Å². The lowest BCUT2D eigenvalue weighted by Crippen LogP contribution is -2.13. The van der Waals surface area contributed by atoms with Crippen LogP contribution in [-0.2, 0) is 12.8 Å². The second kappa shape index (κ2) is 8.87. The number of halogens is 5. The van der Waals surface area contributed by atoms with Gasteiger partial charge in [0, 0.05) is 0 Å². The summed E-state index contributed by atoms with van der Waals surface area (Å²) in [5.74, 6) is -0.393. The van der Waals surface area contributed by atoms with Gasteiger partial charge in [-0.05, 0) is 36.1 Å². The molecule has 0 N–H and O–H groups in total. The zero-order chi connectivity index (χ0) is 21.0. The first kappa shape index (κ1) is 21.2. The molecule has 0 aliphatic heterocycles. The lowest BCUT2D eigenvalue weighted by atomic mass is 10.3. The van der Waals surface area contributed by atoms with Crippen molar-refractivity contribution in [2.75, 3.05) is 5.75 Å². The van der Waals surface area contributed by atoms with Gasteiger partial charge >= 0.3 is 6.18 Å². The summed E-state index contributed by atoms with van der Waals surface area (Å²) >= 11 is 6.95. The van der Waals surface area contributed by atoms with Crippen molar-refractivity contribution >= 4 is 29.6 Å². The Morgan fingerprint density at radius 3 is 2.76 bits per heavy atom. The molecule has 0 aliphatic rings. The smallest absolute Gasteiger partial charge is 0.453 e. The summed E-state index contributed by atoms with van der Waals surface area (Å²) in [6, 6.07) is 6.77. The standard InChI is InChI=1S/C17H13ClF4N4O2S/c1-2-29-16-25-24-15(17(20,21)22)26(16)23-8-11-4-5-12(28-11)9-27-14-6-3-10(19)7-13(14)18/h3-8H,2,9H2,1H3/b23-8-. The molecule has 0 saturated carbocycles. The Bertz CT molecular complexity index is 1020. The van der Waals surface area contributed by atoms with Crippen LogP contribution in [0.1, 0.15) is 24.3 Å². The summed E-state index contributed by atoms with van der Waals surface area (Å²) < 4.78 is 63.8. The molecule has 6 nitrogen and oxygen atoms in total. The molecule has 2 heterocycles. The van der Waals surface area contributed by atoms with E-state index < -0.39 is 17.8 Å². The Morgan fingerprint density at radius 2 is 2.07 bits per heavy atom. The maximum absolute atomic E-state index is 13.1. The Labute approximate surface area is 171 Å². The van der Waals surface area contributed by atoms with Gasteiger partial charge in [-0.1, -0.05) is 30.3 Å². The molecule has 12 heteroatoms. The van der Waals surface area contributed by atoms with Gasteiger partial charge < -0.3 is 9.15 Å². The average molecular weight is 449 g/mol. The number of benzene rings is 1. The molecule has 0 radical (unpaired) electrons. The van der Waals surface area contributed by atoms with Gasteiger partial charge in [-0.3, -0.25) is 0 Å². The summed E-state index contributed by atoms with van der Waals surface area (Å²) in [7, 11) is 0. The summed E-state index contributed by atoms with van der Waals surface area (Å²) in [5.41, 5.74) is 0. The molecule has 0 amide bonds. The van der Waals surface area contributed by atoms with Gasteiger partial charge in [-0.2, -0.15) is 22.9 Å². The van der Waals surface area contributed by atoms with E-state index in [1.54, 1.807) is 13.0 Å². The van der Waals surface area contributed by atoms with Gasteiger partial charge in [0.25, 0.3) is 5.82 Å². The summed E-state index contributed by atoms with van der Waals surface area (Å²) in [5, 5.41) is 10.6. The number of ether oxygens (including phenoxy) is 1. The first-order valence-corrected chi connectivity index (χ1v) is 9.50. The SMILES string of the molecule is CCSc1nnc(C(F)(F)F)n1/N=C\c1ccc(COc2ccc(F)cc2Cl)o1. The minimum Gasteiger partial charge on any atom is -0.484 e. The van der Waals surface area contributed by atoms with Crippen molar-refractivity contribution in [3.05, 3.63) is 58.5 Å². The molecule has 0 atom stereocenters. The highest BCUT2D eigenvalue weighted by Crippen LogP contribution is 2.30. The average Bonchev–Trinajstić information content (AvgIpc) is 3.26. The van der Waals surface area contributed by atoms with Crippen LogP contribution >= 0.6 is 23.4 Å². The maximum atomic E-state index is 13.1. The molecule has 29 heavy (non-hydrogen) atoms. The fraction of sp³-hybridized carbons (Fsp3) is 0.235. The number of furan rings is 1. The van der Waals surface area contributed by atoms with E-state index in [-0.39, 0.29) is 28.3 Å². The van der Waals surface area contributed by atoms with Crippen molar-refractivity contribution < 1.29 is 26.7 Å². The largest absolute Gasteiger partial charge is 0.484 e. The molecule has 0 bridgehead atoms. The molecule has 3 aromatic rings. The van der Waals surface area contributed by atoms with Crippen LogP contribution < -0.4 is 4.74 Å². The topological polar surface area (TPSA) is 65.4 Å². The molecule has 2 aromatic heterocycles. The quantitative estimate of drug-likeness (QED) is 0.280. The number of hydrogen-bond acceptors (Lipinski definition) is 6. The number of aromatic nitrogens is 3. The highest BCUT2D eigenvalue weighted by Gasteiger charge is 2.38. The van der Waals surface area contributed by atoms with E-state index in [1.807, 2.05) is 0 Å². The van der Waals surface area contributed by atoms with Crippen molar-refractivity contribution in [1.82, 2.24) is 14.9 Å². The molecule has 0 fully saturated rings. The number of nitrogens with zero attached hydrogens (tertiary/aromatic N) is 4. The Hall–Kier alpha value is -2.53. The van der Waals surface area contributed by atoms with E-state index in [1.165, 1.54) is 18.2 Å². The Morgan fingerprint density at radius 1 is 1.28 bits per heavy atom. The van der Waals surface area contributed by atoms with Gasteiger partial charge in [-0.25, -0.2) is 4.39 Å². The van der Waals surface area contributed by atoms with Crippen LogP contribution in [0.15, 0.2) is 45.0 Å². The molecule has 3 rings (SSSR count). The first-order valence-electron chi connectivity index (χ1n) is 8.14. The minimum atomic E-state index is -4.70. The van der Waals surface area contributed by atoms with Gasteiger partial charge in [0.05, 0.1) is 11.2 Å². The van der Waals surface area contributed by atoms with Crippen molar-refractivity contribution in [2.24, 2.45) is 5.10 Å². The van der Waals surface area contributed by atoms with E-state index in [2.05, 4.69) is 15.3 Å². The molecule has 0 aliphatic carbocycles. The fourth-order valence-electron chi connectivity index (χ4n) is 2.16. The zero-order valence-electron chi connectivity index (χ0n) is 14.8. The summed E-state index contributed by atoms with van der Waals surface area (Å²) in [6.07, 6.45) is -3.58. The van der Waals surface area contributed by atoms with Gasteiger partial charge in [-0.15, -0.1) is 10.2 Å². The third kappa shape index (κ3) is 5.30. The van der Waals surface area contributed by atoms with Crippen molar-refractivity contribution in [3.63, 3.8) is 0 Å². The molecule has 154 valence electrons. The monoisotopic (exact) mass is 448 g/mol. The highest BCUT2D eigenvalue weighted by atomic mass is 35.5. The van der Waals surface area contributed by atoms with E-state index >= 15 is 0 Å². The highest BCUT2D eigenvalue weighted by molar-refractivity contribution is 7.99. The van der Waals surface area contributed by atoms with Crippen LogP contribution in [0.3, 0.4) is 0 Å². The van der Waals surface area contributed by atoms with Crippen molar-refractivity contribution in [1.29, 1.82) is 0 Å². The molecule has 0 spiro atoms. The molecule has 0 unspecified atom stereocenters. The van der Waals surface area contributed by atoms with Gasteiger partial charge in [0.2, 0.25) is 5.16 Å². The fourth-order valence-corrected chi connectivity index (χ4v) is 3.00. The second-order valence-corrected chi connectivity index (χ2v) is 7.10. The number of hydrogen-bond donors (Lipinski definition) is 0. The Balaban J connectivity index is 1.73. The molecular weight excluding hydrogens is 436 g/mol. The predicted octanol–water partition coefficient (Wildman–Crippen LogP) is 5.26. The summed E-state index contributed by atoms with van der Waals surface area (Å²) in [4.78, 5) is 0. The van der Waals surface area contributed by atoms with Crippen LogP contribution in [0.5, 0.6) is 5.75 Å².